The van der Waals surface area contributed by atoms with Gasteiger partial charge >= 0.3 is 0 Å². The zero-order valence-electron chi connectivity index (χ0n) is 16.7. The number of nitrogens with two attached hydrogens (primary N) is 1. The number of hydrogen-bond donors (Lipinski definition) is 3. The summed E-state index contributed by atoms with van der Waals surface area (Å²) in [5, 5.41) is 10.8. The predicted molar refractivity (Wildman–Crippen MR) is 128 cm³/mol. The number of nitrogen functional groups attached to an aromatic ring is 1. The van der Waals surface area contributed by atoms with Crippen LogP contribution in [0.2, 0.25) is 0 Å². The first kappa shape index (κ1) is 19.4. The highest BCUT2D eigenvalue weighted by atomic mass is 15.1. The lowest BCUT2D eigenvalue weighted by Gasteiger charge is -2.02. The van der Waals surface area contributed by atoms with Crippen LogP contribution < -0.4 is 11.1 Å². The molecule has 148 valence electrons. The molecule has 0 bridgehead atoms. The van der Waals surface area contributed by atoms with Gasteiger partial charge in [-0.2, -0.15) is 0 Å². The molecule has 4 rings (SSSR count). The van der Waals surface area contributed by atoms with Gasteiger partial charge in [-0.25, -0.2) is 0 Å². The summed E-state index contributed by atoms with van der Waals surface area (Å²) < 4.78 is 0. The van der Waals surface area contributed by atoms with Crippen LogP contribution in [0.4, 0.5) is 0 Å². The zero-order chi connectivity index (χ0) is 20.8. The van der Waals surface area contributed by atoms with Gasteiger partial charge in [0.1, 0.15) is 11.7 Å². The van der Waals surface area contributed by atoms with Gasteiger partial charge in [-0.1, -0.05) is 91.0 Å². The average molecular weight is 393 g/mol. The molecule has 0 fully saturated rings. The number of benzene rings is 3. The molecule has 0 atom stereocenters. The lowest BCUT2D eigenvalue weighted by molar-refractivity contribution is 0.960. The Morgan fingerprint density at radius 2 is 1.37 bits per heavy atom. The number of amidine groups is 2. The van der Waals surface area contributed by atoms with Gasteiger partial charge in [-0.3, -0.25) is 10.4 Å². The third-order valence-electron chi connectivity index (χ3n) is 4.93. The van der Waals surface area contributed by atoms with Crippen molar-refractivity contribution in [2.75, 3.05) is 13.1 Å². The molecule has 3 aromatic rings. The van der Waals surface area contributed by atoms with Crippen molar-refractivity contribution in [3.63, 3.8) is 0 Å². The van der Waals surface area contributed by atoms with Crippen LogP contribution in [0.1, 0.15) is 33.4 Å². The van der Waals surface area contributed by atoms with Gasteiger partial charge in [0.2, 0.25) is 0 Å². The SMILES string of the molecule is N=C(N)c1ccc(/C=C/c2cccc(/C=C/c3ccc(C4=NCCN4)cc3)c2)cc1. The van der Waals surface area contributed by atoms with Crippen molar-refractivity contribution in [2.24, 2.45) is 10.7 Å². The quantitative estimate of drug-likeness (QED) is 0.324. The third kappa shape index (κ3) is 4.92. The lowest BCUT2D eigenvalue weighted by Crippen LogP contribution is -2.19. The zero-order valence-corrected chi connectivity index (χ0v) is 16.7. The monoisotopic (exact) mass is 392 g/mol. The minimum Gasteiger partial charge on any atom is -0.384 e. The highest BCUT2D eigenvalue weighted by Gasteiger charge is 2.06. The van der Waals surface area contributed by atoms with Gasteiger partial charge in [0.25, 0.3) is 0 Å². The van der Waals surface area contributed by atoms with Crippen molar-refractivity contribution in [3.8, 4) is 0 Å². The Kier molecular flexibility index (Phi) is 5.85. The summed E-state index contributed by atoms with van der Waals surface area (Å²) in [6.07, 6.45) is 8.39. The van der Waals surface area contributed by atoms with E-state index in [4.69, 9.17) is 11.1 Å². The average Bonchev–Trinajstić information content (AvgIpc) is 3.32. The normalized spacial score (nSPS) is 13.5. The van der Waals surface area contributed by atoms with Crippen LogP contribution >= 0.6 is 0 Å². The Labute approximate surface area is 177 Å². The van der Waals surface area contributed by atoms with Crippen LogP contribution in [0.5, 0.6) is 0 Å². The molecule has 0 saturated carbocycles. The first-order valence-electron chi connectivity index (χ1n) is 9.97. The van der Waals surface area contributed by atoms with Gasteiger partial charge in [0, 0.05) is 17.7 Å². The molecule has 30 heavy (non-hydrogen) atoms. The van der Waals surface area contributed by atoms with Crippen LogP contribution in [-0.2, 0) is 0 Å². The van der Waals surface area contributed by atoms with E-state index in [2.05, 4.69) is 83.1 Å². The summed E-state index contributed by atoms with van der Waals surface area (Å²) in [6.45, 7) is 1.77. The standard InChI is InChI=1S/C26H24N4/c27-25(28)23-12-8-19(9-13-23)4-6-21-2-1-3-22(18-21)7-5-20-10-14-24(15-11-20)26-29-16-17-30-26/h1-15,18H,16-17H2,(H3,27,28)(H,29,30)/b6-4+,7-5+. The van der Waals surface area contributed by atoms with E-state index in [0.29, 0.717) is 0 Å². The Morgan fingerprint density at radius 3 is 1.90 bits per heavy atom. The Balaban J connectivity index is 1.43. The molecule has 1 aliphatic heterocycles. The highest BCUT2D eigenvalue weighted by molar-refractivity contribution is 6.00. The molecule has 0 aromatic heterocycles. The summed E-state index contributed by atoms with van der Waals surface area (Å²) >= 11 is 0. The second-order valence-corrected chi connectivity index (χ2v) is 7.15. The van der Waals surface area contributed by atoms with Gasteiger partial charge in [0.05, 0.1) is 6.54 Å². The van der Waals surface area contributed by atoms with Crippen LogP contribution in [0.15, 0.2) is 77.8 Å². The summed E-state index contributed by atoms with van der Waals surface area (Å²) in [4.78, 5) is 4.46. The third-order valence-corrected chi connectivity index (χ3v) is 4.93. The molecule has 0 radical (unpaired) electrons. The van der Waals surface area contributed by atoms with Gasteiger partial charge in [-0.15, -0.1) is 0 Å². The fourth-order valence-electron chi connectivity index (χ4n) is 3.27. The molecule has 0 unspecified atom stereocenters. The summed E-state index contributed by atoms with van der Waals surface area (Å²) in [5.41, 5.74) is 11.9. The maximum atomic E-state index is 7.46. The summed E-state index contributed by atoms with van der Waals surface area (Å²) in [6, 6.07) is 24.5. The molecular formula is C26H24N4. The Morgan fingerprint density at radius 1 is 0.800 bits per heavy atom. The molecule has 0 amide bonds. The molecule has 4 nitrogen and oxygen atoms in total. The van der Waals surface area contributed by atoms with Crippen LogP contribution in [0.3, 0.4) is 0 Å². The highest BCUT2D eigenvalue weighted by Crippen LogP contribution is 2.15. The second kappa shape index (κ2) is 9.05. The lowest BCUT2D eigenvalue weighted by atomic mass is 10.1. The van der Waals surface area contributed by atoms with E-state index in [1.807, 2.05) is 24.3 Å². The molecule has 0 saturated heterocycles. The van der Waals surface area contributed by atoms with E-state index in [9.17, 15) is 0 Å². The molecule has 1 aliphatic rings. The van der Waals surface area contributed by atoms with Crippen molar-refractivity contribution in [2.45, 2.75) is 0 Å². The van der Waals surface area contributed by atoms with Gasteiger partial charge < -0.3 is 11.1 Å². The largest absolute Gasteiger partial charge is 0.384 e. The van der Waals surface area contributed by atoms with E-state index in [-0.39, 0.29) is 5.84 Å². The fraction of sp³-hybridized carbons (Fsp3) is 0.0769. The molecule has 0 aliphatic carbocycles. The van der Waals surface area contributed by atoms with Crippen molar-refractivity contribution in [1.29, 1.82) is 5.41 Å². The molecule has 0 spiro atoms. The number of hydrogen-bond acceptors (Lipinski definition) is 3. The minimum atomic E-state index is 0.0867. The van der Waals surface area contributed by atoms with Gasteiger partial charge in [-0.05, 0) is 28.3 Å². The number of nitrogens with zero attached hydrogens (tertiary/aromatic N) is 1. The van der Waals surface area contributed by atoms with E-state index in [0.717, 1.165) is 52.3 Å². The molecule has 4 heteroatoms. The van der Waals surface area contributed by atoms with Crippen molar-refractivity contribution >= 4 is 36.0 Å². The molecule has 3 aromatic carbocycles. The van der Waals surface area contributed by atoms with Gasteiger partial charge in [0.15, 0.2) is 0 Å². The van der Waals surface area contributed by atoms with E-state index in [1.54, 1.807) is 0 Å². The minimum absolute atomic E-state index is 0.0867. The van der Waals surface area contributed by atoms with E-state index in [1.165, 1.54) is 0 Å². The van der Waals surface area contributed by atoms with Crippen LogP contribution in [-0.4, -0.2) is 24.8 Å². The van der Waals surface area contributed by atoms with Crippen molar-refractivity contribution in [1.82, 2.24) is 5.32 Å². The Hall–Kier alpha value is -3.92. The van der Waals surface area contributed by atoms with Crippen molar-refractivity contribution in [3.05, 3.63) is 106 Å². The first-order valence-corrected chi connectivity index (χ1v) is 9.97. The van der Waals surface area contributed by atoms with Crippen LogP contribution in [0.25, 0.3) is 24.3 Å². The Bertz CT molecular complexity index is 1120. The molecular weight excluding hydrogens is 368 g/mol. The number of nitrogens with one attached hydrogen (secondary N) is 2. The smallest absolute Gasteiger partial charge is 0.128 e. The fourth-order valence-corrected chi connectivity index (χ4v) is 3.27. The second-order valence-electron chi connectivity index (χ2n) is 7.15. The summed E-state index contributed by atoms with van der Waals surface area (Å²) in [5.74, 6) is 1.07. The predicted octanol–water partition coefficient (Wildman–Crippen LogP) is 4.66. The summed E-state index contributed by atoms with van der Waals surface area (Å²) in [7, 11) is 0. The van der Waals surface area contributed by atoms with E-state index < -0.39 is 0 Å². The number of rotatable bonds is 6. The maximum absolute atomic E-state index is 7.46. The molecule has 1 heterocycles. The number of aliphatic imine (C=N–C) groups is 1. The van der Waals surface area contributed by atoms with Crippen molar-refractivity contribution < 1.29 is 0 Å². The van der Waals surface area contributed by atoms with E-state index >= 15 is 0 Å². The van der Waals surface area contributed by atoms with Crippen LogP contribution in [0, 0.1) is 5.41 Å². The topological polar surface area (TPSA) is 74.3 Å². The maximum Gasteiger partial charge on any atom is 0.128 e. The first-order chi connectivity index (χ1) is 14.7. The molecule has 4 N–H and O–H groups in total.